The molecule has 0 radical (unpaired) electrons. The molecule has 3 rings (SSSR count). The molecule has 1 heterocycles. The van der Waals surface area contributed by atoms with Gasteiger partial charge in [0.25, 0.3) is 0 Å². The van der Waals surface area contributed by atoms with E-state index in [1.807, 2.05) is 49.4 Å². The number of nitrogen functional groups attached to an aromatic ring is 1. The van der Waals surface area contributed by atoms with Gasteiger partial charge in [-0.05, 0) is 42.8 Å². The minimum absolute atomic E-state index is 0.0620. The number of amidine groups is 1. The summed E-state index contributed by atoms with van der Waals surface area (Å²) in [4.78, 5) is 0.732. The van der Waals surface area contributed by atoms with Gasteiger partial charge in [0.1, 0.15) is 17.7 Å². The van der Waals surface area contributed by atoms with Crippen molar-refractivity contribution in [2.75, 3.05) is 0 Å². The van der Waals surface area contributed by atoms with Crippen molar-refractivity contribution in [3.05, 3.63) is 64.5 Å². The number of nitrogens with two attached hydrogens (primary N) is 1. The number of benzene rings is 2. The molecule has 2 aromatic carbocycles. The maximum absolute atomic E-state index is 9.01. The van der Waals surface area contributed by atoms with Crippen molar-refractivity contribution >= 4 is 27.3 Å². The fraction of sp³-hybridized carbons (Fsp3) is 0.111. The molecule has 0 fully saturated rings. The Hall–Kier alpha value is -2.84. The van der Waals surface area contributed by atoms with Gasteiger partial charge in [-0.15, -0.1) is 11.3 Å². The predicted molar refractivity (Wildman–Crippen MR) is 93.0 cm³/mol. The Morgan fingerprint density at radius 1 is 1.26 bits per heavy atom. The van der Waals surface area contributed by atoms with Crippen LogP contribution >= 0.6 is 11.3 Å². The lowest BCUT2D eigenvalue weighted by molar-refractivity contribution is 0.230. The van der Waals surface area contributed by atoms with Gasteiger partial charge in [-0.2, -0.15) is 5.26 Å². The first-order valence-electron chi connectivity index (χ1n) is 7.12. The third kappa shape index (κ3) is 3.03. The highest BCUT2D eigenvalue weighted by Gasteiger charge is 2.13. The van der Waals surface area contributed by atoms with E-state index in [1.165, 1.54) is 11.3 Å². The van der Waals surface area contributed by atoms with Gasteiger partial charge >= 0.3 is 0 Å². The van der Waals surface area contributed by atoms with Crippen molar-refractivity contribution in [1.82, 2.24) is 0 Å². The fourth-order valence-electron chi connectivity index (χ4n) is 2.39. The average molecular weight is 321 g/mol. The summed E-state index contributed by atoms with van der Waals surface area (Å²) in [6, 6.07) is 17.2. The van der Waals surface area contributed by atoms with Gasteiger partial charge in [0.05, 0.1) is 16.5 Å². The number of thiophene rings is 1. The zero-order valence-electron chi connectivity index (χ0n) is 12.5. The Morgan fingerprint density at radius 2 is 2.04 bits per heavy atom. The minimum atomic E-state index is -0.186. The van der Waals surface area contributed by atoms with E-state index in [9.17, 15) is 0 Å². The molecule has 3 aromatic rings. The summed E-state index contributed by atoms with van der Waals surface area (Å²) in [5, 5.41) is 17.5. The van der Waals surface area contributed by atoms with E-state index in [1.54, 1.807) is 6.07 Å². The first kappa shape index (κ1) is 15.1. The van der Waals surface area contributed by atoms with Gasteiger partial charge < -0.3 is 10.5 Å². The summed E-state index contributed by atoms with van der Waals surface area (Å²) in [5.41, 5.74) is 7.14. The molecule has 23 heavy (non-hydrogen) atoms. The van der Waals surface area contributed by atoms with Gasteiger partial charge in [0.15, 0.2) is 0 Å². The molecule has 0 aliphatic heterocycles. The molecule has 4 nitrogen and oxygen atoms in total. The molecule has 0 aliphatic rings. The van der Waals surface area contributed by atoms with E-state index < -0.39 is 0 Å². The molecule has 0 amide bonds. The Labute approximate surface area is 138 Å². The van der Waals surface area contributed by atoms with E-state index in [0.29, 0.717) is 5.56 Å². The fourth-order valence-corrected chi connectivity index (χ4v) is 3.33. The molecule has 1 aromatic heterocycles. The number of nitrogens with zero attached hydrogens (tertiary/aromatic N) is 1. The molecule has 0 spiro atoms. The highest BCUT2D eigenvalue weighted by Crippen LogP contribution is 2.34. The second kappa shape index (κ2) is 6.11. The lowest BCUT2D eigenvalue weighted by Gasteiger charge is -2.16. The molecule has 3 N–H and O–H groups in total. The van der Waals surface area contributed by atoms with E-state index in [2.05, 4.69) is 6.07 Å². The summed E-state index contributed by atoms with van der Waals surface area (Å²) in [6.07, 6.45) is -0.186. The van der Waals surface area contributed by atoms with Crippen LogP contribution in [0, 0.1) is 16.7 Å². The lowest BCUT2D eigenvalue weighted by atomic mass is 10.1. The zero-order chi connectivity index (χ0) is 16.4. The standard InChI is InChI=1S/C18H15N3OS/c1-11(13-5-2-4-12(8-13)10-19)22-15-6-3-7-16-14(15)9-17(23-16)18(20)21/h2-9,11H,1H3,(H3,20,21). The summed E-state index contributed by atoms with van der Waals surface area (Å²) in [7, 11) is 0. The van der Waals surface area contributed by atoms with Crippen LogP contribution in [0.4, 0.5) is 0 Å². The van der Waals surface area contributed by atoms with Gasteiger partial charge in [0.2, 0.25) is 0 Å². The Kier molecular flexibility index (Phi) is 4.00. The van der Waals surface area contributed by atoms with Gasteiger partial charge in [-0.25, -0.2) is 0 Å². The molecule has 0 aliphatic carbocycles. The molecule has 0 saturated carbocycles. The quantitative estimate of drug-likeness (QED) is 0.558. The van der Waals surface area contributed by atoms with Crippen molar-refractivity contribution in [2.24, 2.45) is 5.73 Å². The predicted octanol–water partition coefficient (Wildman–Crippen LogP) is 4.20. The lowest BCUT2D eigenvalue weighted by Crippen LogP contribution is -2.08. The van der Waals surface area contributed by atoms with Crippen LogP contribution < -0.4 is 10.5 Å². The Bertz CT molecular complexity index is 923. The molecule has 114 valence electrons. The maximum Gasteiger partial charge on any atom is 0.133 e. The van der Waals surface area contributed by atoms with Crippen molar-refractivity contribution < 1.29 is 4.74 Å². The molecule has 5 heteroatoms. The third-order valence-corrected chi connectivity index (χ3v) is 4.71. The maximum atomic E-state index is 9.01. The highest BCUT2D eigenvalue weighted by molar-refractivity contribution is 7.20. The van der Waals surface area contributed by atoms with Crippen LogP contribution in [0.2, 0.25) is 0 Å². The molecule has 0 bridgehead atoms. The normalized spacial score (nSPS) is 11.8. The van der Waals surface area contributed by atoms with Crippen LogP contribution in [0.25, 0.3) is 10.1 Å². The molecule has 0 saturated heterocycles. The van der Waals surface area contributed by atoms with Crippen LogP contribution in [-0.4, -0.2) is 5.84 Å². The summed E-state index contributed by atoms with van der Waals surface area (Å²) in [5.74, 6) is 0.813. The minimum Gasteiger partial charge on any atom is -0.485 e. The number of rotatable bonds is 4. The molecular weight excluding hydrogens is 306 g/mol. The van der Waals surface area contributed by atoms with Gasteiger partial charge in [-0.1, -0.05) is 18.2 Å². The first-order valence-corrected chi connectivity index (χ1v) is 7.94. The van der Waals surface area contributed by atoms with Crippen molar-refractivity contribution in [2.45, 2.75) is 13.0 Å². The van der Waals surface area contributed by atoms with Gasteiger partial charge in [0, 0.05) is 10.1 Å². The number of ether oxygens (including phenoxy) is 1. The molecule has 1 unspecified atom stereocenters. The number of hydrogen-bond acceptors (Lipinski definition) is 4. The van der Waals surface area contributed by atoms with Crippen molar-refractivity contribution in [1.29, 1.82) is 10.7 Å². The number of fused-ring (bicyclic) bond motifs is 1. The van der Waals surface area contributed by atoms with Crippen LogP contribution in [-0.2, 0) is 0 Å². The Morgan fingerprint density at radius 3 is 2.78 bits per heavy atom. The summed E-state index contributed by atoms with van der Waals surface area (Å²) in [6.45, 7) is 1.95. The summed E-state index contributed by atoms with van der Waals surface area (Å²) < 4.78 is 7.13. The van der Waals surface area contributed by atoms with E-state index in [-0.39, 0.29) is 11.9 Å². The van der Waals surface area contributed by atoms with Crippen LogP contribution in [0.15, 0.2) is 48.5 Å². The van der Waals surface area contributed by atoms with E-state index in [4.69, 9.17) is 21.1 Å². The highest BCUT2D eigenvalue weighted by atomic mass is 32.1. The second-order valence-electron chi connectivity index (χ2n) is 5.19. The number of nitriles is 1. The average Bonchev–Trinajstić information content (AvgIpc) is 3.00. The number of nitrogens with one attached hydrogen (secondary N) is 1. The zero-order valence-corrected chi connectivity index (χ0v) is 13.4. The van der Waals surface area contributed by atoms with E-state index in [0.717, 1.165) is 26.3 Å². The van der Waals surface area contributed by atoms with E-state index >= 15 is 0 Å². The van der Waals surface area contributed by atoms with Crippen molar-refractivity contribution in [3.63, 3.8) is 0 Å². The van der Waals surface area contributed by atoms with Crippen LogP contribution in [0.1, 0.15) is 29.0 Å². The third-order valence-electron chi connectivity index (χ3n) is 3.58. The topological polar surface area (TPSA) is 82.9 Å². The van der Waals surface area contributed by atoms with Crippen LogP contribution in [0.3, 0.4) is 0 Å². The van der Waals surface area contributed by atoms with Gasteiger partial charge in [-0.3, -0.25) is 5.41 Å². The smallest absolute Gasteiger partial charge is 0.133 e. The second-order valence-corrected chi connectivity index (χ2v) is 6.27. The monoisotopic (exact) mass is 321 g/mol. The SMILES string of the molecule is CC(Oc1cccc2sc(C(=N)N)cc12)c1cccc(C#N)c1. The van der Waals surface area contributed by atoms with Crippen LogP contribution in [0.5, 0.6) is 5.75 Å². The Balaban J connectivity index is 1.94. The van der Waals surface area contributed by atoms with Crippen molar-refractivity contribution in [3.8, 4) is 11.8 Å². The molecule has 1 atom stereocenters. The summed E-state index contributed by atoms with van der Waals surface area (Å²) >= 11 is 1.48. The molecular formula is C18H15N3OS. The number of hydrogen-bond donors (Lipinski definition) is 2. The first-order chi connectivity index (χ1) is 11.1. The largest absolute Gasteiger partial charge is 0.485 e.